The summed E-state index contributed by atoms with van der Waals surface area (Å²) in [6, 6.07) is 9.18. The van der Waals surface area contributed by atoms with E-state index in [1.165, 1.54) is 30.3 Å². The number of fused-ring (bicyclic) bond motifs is 1. The van der Waals surface area contributed by atoms with Crippen molar-refractivity contribution < 1.29 is 4.42 Å². The van der Waals surface area contributed by atoms with Gasteiger partial charge in [0.1, 0.15) is 5.58 Å². The number of nitrogens with one attached hydrogen (secondary N) is 1. The van der Waals surface area contributed by atoms with Gasteiger partial charge in [0.05, 0.1) is 6.26 Å². The average molecular weight is 201 g/mol. The third-order valence-electron chi connectivity index (χ3n) is 3.16. The maximum atomic E-state index is 5.33. The van der Waals surface area contributed by atoms with Gasteiger partial charge in [0.25, 0.3) is 0 Å². The highest BCUT2D eigenvalue weighted by Crippen LogP contribution is 2.19. The molecule has 1 fully saturated rings. The molecule has 2 aromatic rings. The molecule has 0 saturated carbocycles. The van der Waals surface area contributed by atoms with Crippen molar-refractivity contribution in [3.8, 4) is 0 Å². The Morgan fingerprint density at radius 1 is 1.33 bits per heavy atom. The fraction of sp³-hybridized carbons (Fsp3) is 0.385. The number of hydrogen-bond donors (Lipinski definition) is 1. The number of benzene rings is 1. The minimum Gasteiger partial charge on any atom is -0.464 e. The molecule has 0 amide bonds. The number of hydrogen-bond acceptors (Lipinski definition) is 2. The molecule has 1 saturated heterocycles. The standard InChI is InChI=1S/C13H15NO/c1-2-12(14-6-1)9-10-3-4-13-11(8-10)5-7-15-13/h3-5,7-8,12,14H,1-2,6,9H2. The molecule has 1 aliphatic rings. The summed E-state index contributed by atoms with van der Waals surface area (Å²) in [6.07, 6.45) is 5.52. The topological polar surface area (TPSA) is 25.2 Å². The lowest BCUT2D eigenvalue weighted by molar-refractivity contribution is 0.602. The van der Waals surface area contributed by atoms with Gasteiger partial charge in [-0.15, -0.1) is 0 Å². The Morgan fingerprint density at radius 3 is 3.20 bits per heavy atom. The molecule has 15 heavy (non-hydrogen) atoms. The summed E-state index contributed by atoms with van der Waals surface area (Å²) in [4.78, 5) is 0. The van der Waals surface area contributed by atoms with E-state index >= 15 is 0 Å². The monoisotopic (exact) mass is 201 g/mol. The highest BCUT2D eigenvalue weighted by Gasteiger charge is 2.14. The predicted molar refractivity (Wildman–Crippen MR) is 60.9 cm³/mol. The maximum absolute atomic E-state index is 5.33. The van der Waals surface area contributed by atoms with Crippen LogP contribution in [0.15, 0.2) is 34.9 Å². The van der Waals surface area contributed by atoms with E-state index in [0.717, 1.165) is 12.0 Å². The molecule has 1 atom stereocenters. The third-order valence-corrected chi connectivity index (χ3v) is 3.16. The first kappa shape index (κ1) is 8.98. The van der Waals surface area contributed by atoms with Crippen LogP contribution in [0.5, 0.6) is 0 Å². The Bertz CT molecular complexity index is 454. The molecular formula is C13H15NO. The number of rotatable bonds is 2. The van der Waals surface area contributed by atoms with Gasteiger partial charge in [-0.25, -0.2) is 0 Å². The molecular weight excluding hydrogens is 186 g/mol. The first-order chi connectivity index (χ1) is 7.42. The van der Waals surface area contributed by atoms with Gasteiger partial charge in [-0.1, -0.05) is 6.07 Å². The van der Waals surface area contributed by atoms with Crippen LogP contribution in [0.3, 0.4) is 0 Å². The second-order valence-electron chi connectivity index (χ2n) is 4.29. The zero-order valence-electron chi connectivity index (χ0n) is 8.70. The number of furan rings is 1. The normalized spacial score (nSPS) is 21.2. The second-order valence-corrected chi connectivity index (χ2v) is 4.29. The summed E-state index contributed by atoms with van der Waals surface area (Å²) < 4.78 is 5.33. The second kappa shape index (κ2) is 3.70. The fourth-order valence-corrected chi connectivity index (χ4v) is 2.36. The van der Waals surface area contributed by atoms with E-state index < -0.39 is 0 Å². The molecule has 1 aliphatic heterocycles. The van der Waals surface area contributed by atoms with Crippen molar-refractivity contribution in [1.29, 1.82) is 0 Å². The lowest BCUT2D eigenvalue weighted by Gasteiger charge is -2.09. The van der Waals surface area contributed by atoms with Crippen LogP contribution in [0.4, 0.5) is 0 Å². The summed E-state index contributed by atoms with van der Waals surface area (Å²) in [7, 11) is 0. The van der Waals surface area contributed by atoms with Gasteiger partial charge in [0.15, 0.2) is 0 Å². The molecule has 1 N–H and O–H groups in total. The Balaban J connectivity index is 1.84. The molecule has 1 aromatic heterocycles. The SMILES string of the molecule is c1cc2cc(CC3CCCN3)ccc2o1. The Kier molecular flexibility index (Phi) is 2.22. The van der Waals surface area contributed by atoms with Crippen LogP contribution in [0, 0.1) is 0 Å². The quantitative estimate of drug-likeness (QED) is 0.808. The Morgan fingerprint density at radius 2 is 2.33 bits per heavy atom. The molecule has 1 aromatic carbocycles. The van der Waals surface area contributed by atoms with Crippen molar-refractivity contribution in [2.45, 2.75) is 25.3 Å². The summed E-state index contributed by atoms with van der Waals surface area (Å²) >= 11 is 0. The van der Waals surface area contributed by atoms with E-state index in [1.54, 1.807) is 6.26 Å². The van der Waals surface area contributed by atoms with Crippen LogP contribution in [0.25, 0.3) is 11.0 Å². The summed E-state index contributed by atoms with van der Waals surface area (Å²) in [5, 5.41) is 4.74. The molecule has 2 heterocycles. The van der Waals surface area contributed by atoms with Crippen molar-refractivity contribution in [2.75, 3.05) is 6.54 Å². The first-order valence-corrected chi connectivity index (χ1v) is 5.61. The van der Waals surface area contributed by atoms with Crippen LogP contribution in [0.1, 0.15) is 18.4 Å². The van der Waals surface area contributed by atoms with Crippen LogP contribution >= 0.6 is 0 Å². The van der Waals surface area contributed by atoms with Gasteiger partial charge in [-0.3, -0.25) is 0 Å². The lowest BCUT2D eigenvalue weighted by Crippen LogP contribution is -2.23. The molecule has 0 bridgehead atoms. The zero-order valence-corrected chi connectivity index (χ0v) is 8.70. The minimum absolute atomic E-state index is 0.675. The van der Waals surface area contributed by atoms with E-state index in [4.69, 9.17) is 4.42 Å². The molecule has 2 nitrogen and oxygen atoms in total. The van der Waals surface area contributed by atoms with Crippen molar-refractivity contribution in [2.24, 2.45) is 0 Å². The van der Waals surface area contributed by atoms with Crippen LogP contribution in [-0.2, 0) is 6.42 Å². The van der Waals surface area contributed by atoms with E-state index in [1.807, 2.05) is 6.07 Å². The van der Waals surface area contributed by atoms with Gasteiger partial charge in [0.2, 0.25) is 0 Å². The molecule has 3 rings (SSSR count). The van der Waals surface area contributed by atoms with Gasteiger partial charge >= 0.3 is 0 Å². The lowest BCUT2D eigenvalue weighted by atomic mass is 10.0. The van der Waals surface area contributed by atoms with E-state index in [9.17, 15) is 0 Å². The van der Waals surface area contributed by atoms with Gasteiger partial charge in [0, 0.05) is 11.4 Å². The van der Waals surface area contributed by atoms with Crippen LogP contribution in [-0.4, -0.2) is 12.6 Å². The third kappa shape index (κ3) is 1.77. The molecule has 78 valence electrons. The predicted octanol–water partition coefficient (Wildman–Crippen LogP) is 2.73. The van der Waals surface area contributed by atoms with Crippen molar-refractivity contribution in [3.63, 3.8) is 0 Å². The maximum Gasteiger partial charge on any atom is 0.133 e. The summed E-state index contributed by atoms with van der Waals surface area (Å²) in [6.45, 7) is 1.18. The van der Waals surface area contributed by atoms with Crippen molar-refractivity contribution in [3.05, 3.63) is 36.1 Å². The summed E-state index contributed by atoms with van der Waals surface area (Å²) in [5.41, 5.74) is 2.39. The Hall–Kier alpha value is -1.28. The molecule has 0 spiro atoms. The zero-order chi connectivity index (χ0) is 10.1. The van der Waals surface area contributed by atoms with Gasteiger partial charge in [-0.05, 0) is 49.6 Å². The smallest absolute Gasteiger partial charge is 0.133 e. The highest BCUT2D eigenvalue weighted by atomic mass is 16.3. The summed E-state index contributed by atoms with van der Waals surface area (Å²) in [5.74, 6) is 0. The molecule has 0 aliphatic carbocycles. The van der Waals surface area contributed by atoms with Crippen molar-refractivity contribution in [1.82, 2.24) is 5.32 Å². The van der Waals surface area contributed by atoms with E-state index in [-0.39, 0.29) is 0 Å². The van der Waals surface area contributed by atoms with E-state index in [0.29, 0.717) is 6.04 Å². The van der Waals surface area contributed by atoms with Crippen LogP contribution in [0.2, 0.25) is 0 Å². The molecule has 0 radical (unpaired) electrons. The van der Waals surface area contributed by atoms with E-state index in [2.05, 4.69) is 23.5 Å². The van der Waals surface area contributed by atoms with Crippen LogP contribution < -0.4 is 5.32 Å². The largest absolute Gasteiger partial charge is 0.464 e. The molecule has 2 heteroatoms. The average Bonchev–Trinajstić information content (AvgIpc) is 2.87. The van der Waals surface area contributed by atoms with Crippen molar-refractivity contribution >= 4 is 11.0 Å². The van der Waals surface area contributed by atoms with Gasteiger partial charge in [-0.2, -0.15) is 0 Å². The Labute approximate surface area is 89.3 Å². The van der Waals surface area contributed by atoms with Gasteiger partial charge < -0.3 is 9.73 Å². The highest BCUT2D eigenvalue weighted by molar-refractivity contribution is 5.77. The first-order valence-electron chi connectivity index (χ1n) is 5.61. The minimum atomic E-state index is 0.675. The molecule has 1 unspecified atom stereocenters. The fourth-order valence-electron chi connectivity index (χ4n) is 2.36.